The smallest absolute Gasteiger partial charge is 0.332 e. The number of rotatable bonds is 8. The molecular weight excluding hydrogens is 240 g/mol. The largest absolute Gasteiger partial charge is 0.458 e. The molecule has 0 heterocycles. The highest BCUT2D eigenvalue weighted by Crippen LogP contribution is 2.21. The summed E-state index contributed by atoms with van der Waals surface area (Å²) in [5.74, 6) is 1.17. The number of hydrogen-bond donors (Lipinski definition) is 0. The maximum absolute atomic E-state index is 11.5. The summed E-state index contributed by atoms with van der Waals surface area (Å²) < 4.78 is 10.7. The van der Waals surface area contributed by atoms with Gasteiger partial charge in [-0.2, -0.15) is 0 Å². The van der Waals surface area contributed by atoms with Gasteiger partial charge in [0.2, 0.25) is 0 Å². The molecule has 19 heavy (non-hydrogen) atoms. The molecule has 0 radical (unpaired) electrons. The normalized spacial score (nSPS) is 16.8. The molecule has 3 nitrogen and oxygen atoms in total. The molecule has 114 valence electrons. The second kappa shape index (κ2) is 8.57. The third kappa shape index (κ3) is 9.94. The van der Waals surface area contributed by atoms with Gasteiger partial charge in [-0.05, 0) is 52.4 Å². The van der Waals surface area contributed by atoms with E-state index in [1.54, 1.807) is 0 Å². The fraction of sp³-hybridized carbons (Fsp3) is 0.938. The lowest BCUT2D eigenvalue weighted by Gasteiger charge is -2.22. The van der Waals surface area contributed by atoms with Crippen LogP contribution in [0.15, 0.2) is 0 Å². The predicted octanol–water partition coefficient (Wildman–Crippen LogP) is 4.20. The summed E-state index contributed by atoms with van der Waals surface area (Å²) >= 11 is 0. The monoisotopic (exact) mass is 272 g/mol. The van der Waals surface area contributed by atoms with Crippen LogP contribution in [0.3, 0.4) is 0 Å². The lowest BCUT2D eigenvalue weighted by Crippen LogP contribution is -2.28. The second-order valence-electron chi connectivity index (χ2n) is 6.65. The standard InChI is InChI=1S/C16H32O3/c1-8-12(2)13(3)9-10-14(4)18-11-15(17)19-16(5,6)7/h12-14H,8-11H2,1-7H3. The average Bonchev–Trinajstić information content (AvgIpc) is 2.30. The fourth-order valence-electron chi connectivity index (χ4n) is 1.85. The Kier molecular flexibility index (Phi) is 8.31. The third-order valence-corrected chi connectivity index (χ3v) is 3.55. The van der Waals surface area contributed by atoms with Crippen LogP contribution in [0.5, 0.6) is 0 Å². The Labute approximate surface area is 119 Å². The van der Waals surface area contributed by atoms with Crippen molar-refractivity contribution in [2.45, 2.75) is 79.4 Å². The van der Waals surface area contributed by atoms with Crippen molar-refractivity contribution in [3.8, 4) is 0 Å². The van der Waals surface area contributed by atoms with Gasteiger partial charge >= 0.3 is 5.97 Å². The lowest BCUT2D eigenvalue weighted by molar-refractivity contribution is -0.162. The van der Waals surface area contributed by atoms with Crippen molar-refractivity contribution in [1.29, 1.82) is 0 Å². The van der Waals surface area contributed by atoms with Crippen LogP contribution in [0.1, 0.15) is 67.7 Å². The minimum Gasteiger partial charge on any atom is -0.458 e. The molecule has 0 aliphatic heterocycles. The minimum absolute atomic E-state index is 0.0517. The zero-order valence-electron chi connectivity index (χ0n) is 13.8. The first kappa shape index (κ1) is 18.4. The van der Waals surface area contributed by atoms with E-state index in [1.807, 2.05) is 27.7 Å². The molecule has 0 aliphatic rings. The highest BCUT2D eigenvalue weighted by molar-refractivity contribution is 5.71. The second-order valence-corrected chi connectivity index (χ2v) is 6.65. The number of carbonyl (C=O) groups is 1. The van der Waals surface area contributed by atoms with Gasteiger partial charge < -0.3 is 9.47 Å². The molecule has 0 amide bonds. The summed E-state index contributed by atoms with van der Waals surface area (Å²) in [6.45, 7) is 14.5. The van der Waals surface area contributed by atoms with Crippen LogP contribution >= 0.6 is 0 Å². The Morgan fingerprint density at radius 1 is 1.05 bits per heavy atom. The van der Waals surface area contributed by atoms with E-state index in [2.05, 4.69) is 20.8 Å². The summed E-state index contributed by atoms with van der Waals surface area (Å²) in [4.78, 5) is 11.5. The van der Waals surface area contributed by atoms with E-state index in [0.29, 0.717) is 5.92 Å². The van der Waals surface area contributed by atoms with Crippen molar-refractivity contribution >= 4 is 5.97 Å². The van der Waals surface area contributed by atoms with E-state index >= 15 is 0 Å². The van der Waals surface area contributed by atoms with Gasteiger partial charge in [-0.25, -0.2) is 4.79 Å². The van der Waals surface area contributed by atoms with Gasteiger partial charge in [0.1, 0.15) is 12.2 Å². The first-order chi connectivity index (χ1) is 8.65. The van der Waals surface area contributed by atoms with E-state index in [-0.39, 0.29) is 18.7 Å². The minimum atomic E-state index is -0.436. The molecule has 3 atom stereocenters. The highest BCUT2D eigenvalue weighted by atomic mass is 16.6. The van der Waals surface area contributed by atoms with Gasteiger partial charge in [0.25, 0.3) is 0 Å². The maximum atomic E-state index is 11.5. The van der Waals surface area contributed by atoms with Crippen molar-refractivity contribution in [2.75, 3.05) is 6.61 Å². The van der Waals surface area contributed by atoms with Gasteiger partial charge in [0.15, 0.2) is 0 Å². The van der Waals surface area contributed by atoms with Crippen molar-refractivity contribution in [1.82, 2.24) is 0 Å². The highest BCUT2D eigenvalue weighted by Gasteiger charge is 2.17. The Hall–Kier alpha value is -0.570. The molecule has 0 rings (SSSR count). The number of ether oxygens (including phenoxy) is 2. The molecule has 0 N–H and O–H groups in total. The molecule has 0 fully saturated rings. The van der Waals surface area contributed by atoms with Crippen molar-refractivity contribution in [3.05, 3.63) is 0 Å². The van der Waals surface area contributed by atoms with Gasteiger partial charge in [-0.1, -0.05) is 27.2 Å². The topological polar surface area (TPSA) is 35.5 Å². The molecule has 0 saturated heterocycles. The molecule has 0 aromatic heterocycles. The van der Waals surface area contributed by atoms with E-state index < -0.39 is 5.60 Å². The fourth-order valence-corrected chi connectivity index (χ4v) is 1.85. The van der Waals surface area contributed by atoms with E-state index in [1.165, 1.54) is 6.42 Å². The van der Waals surface area contributed by atoms with Gasteiger partial charge in [0.05, 0.1) is 6.10 Å². The van der Waals surface area contributed by atoms with Crippen LogP contribution in [0.2, 0.25) is 0 Å². The van der Waals surface area contributed by atoms with Gasteiger partial charge in [-0.15, -0.1) is 0 Å². The van der Waals surface area contributed by atoms with Crippen LogP contribution in [0.25, 0.3) is 0 Å². The molecule has 0 spiro atoms. The van der Waals surface area contributed by atoms with Crippen LogP contribution < -0.4 is 0 Å². The summed E-state index contributed by atoms with van der Waals surface area (Å²) in [6.07, 6.45) is 3.46. The van der Waals surface area contributed by atoms with Gasteiger partial charge in [-0.3, -0.25) is 0 Å². The Morgan fingerprint density at radius 2 is 1.63 bits per heavy atom. The van der Waals surface area contributed by atoms with E-state index in [0.717, 1.165) is 18.8 Å². The van der Waals surface area contributed by atoms with Crippen LogP contribution in [0, 0.1) is 11.8 Å². The SMILES string of the molecule is CCC(C)C(C)CCC(C)OCC(=O)OC(C)(C)C. The molecule has 0 aromatic carbocycles. The maximum Gasteiger partial charge on any atom is 0.332 e. The van der Waals surface area contributed by atoms with Gasteiger partial charge in [0, 0.05) is 0 Å². The molecule has 0 aliphatic carbocycles. The number of esters is 1. The number of hydrogen-bond acceptors (Lipinski definition) is 3. The van der Waals surface area contributed by atoms with Crippen molar-refractivity contribution in [2.24, 2.45) is 11.8 Å². The molecule has 3 unspecified atom stereocenters. The van der Waals surface area contributed by atoms with Crippen LogP contribution in [0.4, 0.5) is 0 Å². The van der Waals surface area contributed by atoms with E-state index in [9.17, 15) is 4.79 Å². The molecule has 0 aromatic rings. The number of carbonyl (C=O) groups excluding carboxylic acids is 1. The average molecular weight is 272 g/mol. The third-order valence-electron chi connectivity index (χ3n) is 3.55. The molecule has 0 saturated carbocycles. The Bertz CT molecular complexity index is 255. The van der Waals surface area contributed by atoms with E-state index in [4.69, 9.17) is 9.47 Å². The molecule has 0 bridgehead atoms. The summed E-state index contributed by atoms with van der Waals surface area (Å²) in [5.41, 5.74) is -0.436. The summed E-state index contributed by atoms with van der Waals surface area (Å²) in [5, 5.41) is 0. The predicted molar refractivity (Wildman–Crippen MR) is 79.1 cm³/mol. The lowest BCUT2D eigenvalue weighted by atomic mass is 9.89. The van der Waals surface area contributed by atoms with Crippen LogP contribution in [-0.4, -0.2) is 24.3 Å². The zero-order valence-corrected chi connectivity index (χ0v) is 13.8. The van der Waals surface area contributed by atoms with Crippen molar-refractivity contribution in [3.63, 3.8) is 0 Å². The quantitative estimate of drug-likeness (QED) is 0.621. The van der Waals surface area contributed by atoms with Crippen LogP contribution in [-0.2, 0) is 14.3 Å². The zero-order chi connectivity index (χ0) is 15.1. The Balaban J connectivity index is 3.81. The summed E-state index contributed by atoms with van der Waals surface area (Å²) in [7, 11) is 0. The molecular formula is C16H32O3. The summed E-state index contributed by atoms with van der Waals surface area (Å²) in [6, 6.07) is 0. The first-order valence-corrected chi connectivity index (χ1v) is 7.49. The van der Waals surface area contributed by atoms with Crippen molar-refractivity contribution < 1.29 is 14.3 Å². The Morgan fingerprint density at radius 3 is 2.11 bits per heavy atom. The molecule has 3 heteroatoms. The first-order valence-electron chi connectivity index (χ1n) is 7.49.